The molecule has 6 nitrogen and oxygen atoms in total. The molecule has 2 fully saturated rings. The van der Waals surface area contributed by atoms with E-state index in [1.807, 2.05) is 33.8 Å². The van der Waals surface area contributed by atoms with Crippen molar-refractivity contribution in [2.45, 2.75) is 70.8 Å². The molecule has 2 amide bonds. The van der Waals surface area contributed by atoms with Crippen molar-refractivity contribution in [3.05, 3.63) is 46.7 Å². The maximum atomic E-state index is 13.1. The van der Waals surface area contributed by atoms with Crippen LogP contribution in [-0.4, -0.2) is 45.6 Å². The molecule has 0 radical (unpaired) electrons. The van der Waals surface area contributed by atoms with Crippen LogP contribution in [-0.2, 0) is 4.79 Å². The van der Waals surface area contributed by atoms with E-state index < -0.39 is 0 Å². The van der Waals surface area contributed by atoms with Gasteiger partial charge < -0.3 is 10.2 Å². The molecular weight excluding hydrogens is 424 g/mol. The Morgan fingerprint density at radius 2 is 1.69 bits per heavy atom. The number of benzene rings is 1. The van der Waals surface area contributed by atoms with Gasteiger partial charge in [-0.15, -0.1) is 0 Å². The number of rotatable bonds is 5. The summed E-state index contributed by atoms with van der Waals surface area (Å²) in [5, 5.41) is 8.36. The molecule has 4 rings (SSSR count). The van der Waals surface area contributed by atoms with E-state index in [0.717, 1.165) is 50.2 Å². The Labute approximate surface area is 195 Å². The van der Waals surface area contributed by atoms with Crippen molar-refractivity contribution in [2.24, 2.45) is 5.92 Å². The lowest BCUT2D eigenvalue weighted by molar-refractivity contribution is -0.137. The maximum absolute atomic E-state index is 13.1. The standard InChI is InChI=1S/C25H33ClN4O2/c1-17(2)23-22(16-27-30(23)21-10-8-19(26)9-11-21)24(31)28-20-12-14-29(15-13-20)25(32)18-6-4-3-5-7-18/h8-11,16-18,20H,3-7,12-15H2,1-2H3,(H,28,31). The maximum Gasteiger partial charge on any atom is 0.255 e. The summed E-state index contributed by atoms with van der Waals surface area (Å²) in [6, 6.07) is 7.54. The van der Waals surface area contributed by atoms with Crippen molar-refractivity contribution < 1.29 is 9.59 Å². The first kappa shape index (κ1) is 22.8. The summed E-state index contributed by atoms with van der Waals surface area (Å²) in [6.45, 7) is 5.58. The molecule has 1 aromatic carbocycles. The van der Waals surface area contributed by atoms with Gasteiger partial charge in [0.2, 0.25) is 5.91 Å². The van der Waals surface area contributed by atoms with Crippen LogP contribution in [0.3, 0.4) is 0 Å². The molecule has 1 aliphatic carbocycles. The van der Waals surface area contributed by atoms with E-state index in [4.69, 9.17) is 11.6 Å². The Morgan fingerprint density at radius 1 is 1.03 bits per heavy atom. The van der Waals surface area contributed by atoms with Crippen LogP contribution in [0, 0.1) is 5.92 Å². The van der Waals surface area contributed by atoms with Crippen molar-refractivity contribution in [3.63, 3.8) is 0 Å². The van der Waals surface area contributed by atoms with Crippen molar-refractivity contribution in [1.29, 1.82) is 0 Å². The average Bonchev–Trinajstić information content (AvgIpc) is 3.26. The quantitative estimate of drug-likeness (QED) is 0.692. The van der Waals surface area contributed by atoms with Crippen molar-refractivity contribution in [3.8, 4) is 5.69 Å². The first-order valence-electron chi connectivity index (χ1n) is 11.9. The third kappa shape index (κ3) is 5.01. The molecule has 1 saturated heterocycles. The summed E-state index contributed by atoms with van der Waals surface area (Å²) in [7, 11) is 0. The lowest BCUT2D eigenvalue weighted by atomic mass is 9.87. The smallest absolute Gasteiger partial charge is 0.255 e. The molecule has 0 unspecified atom stereocenters. The molecular formula is C25H33ClN4O2. The van der Waals surface area contributed by atoms with Gasteiger partial charge in [-0.25, -0.2) is 4.68 Å². The highest BCUT2D eigenvalue weighted by Crippen LogP contribution is 2.27. The van der Waals surface area contributed by atoms with E-state index >= 15 is 0 Å². The number of halogens is 1. The highest BCUT2D eigenvalue weighted by Gasteiger charge is 2.30. The first-order chi connectivity index (χ1) is 15.4. The van der Waals surface area contributed by atoms with E-state index in [-0.39, 0.29) is 23.8 Å². The number of nitrogens with zero attached hydrogens (tertiary/aromatic N) is 3. The van der Waals surface area contributed by atoms with Gasteiger partial charge in [-0.1, -0.05) is 44.7 Å². The molecule has 1 aliphatic heterocycles. The van der Waals surface area contributed by atoms with Crippen molar-refractivity contribution in [2.75, 3.05) is 13.1 Å². The molecule has 2 aromatic rings. The Hall–Kier alpha value is -2.34. The van der Waals surface area contributed by atoms with Crippen LogP contribution in [0.25, 0.3) is 5.69 Å². The van der Waals surface area contributed by atoms with Crippen LogP contribution in [0.15, 0.2) is 30.5 Å². The molecule has 32 heavy (non-hydrogen) atoms. The minimum Gasteiger partial charge on any atom is -0.349 e. The van der Waals surface area contributed by atoms with Gasteiger partial charge in [0.25, 0.3) is 5.91 Å². The second kappa shape index (κ2) is 10.1. The fourth-order valence-electron chi connectivity index (χ4n) is 4.99. The molecule has 2 heterocycles. The van der Waals surface area contributed by atoms with Gasteiger partial charge in [0.1, 0.15) is 0 Å². The fourth-order valence-corrected chi connectivity index (χ4v) is 5.12. The van der Waals surface area contributed by atoms with Gasteiger partial charge in [0.15, 0.2) is 0 Å². The summed E-state index contributed by atoms with van der Waals surface area (Å²) in [6.07, 6.45) is 8.91. The van der Waals surface area contributed by atoms with Gasteiger partial charge in [-0.2, -0.15) is 5.10 Å². The summed E-state index contributed by atoms with van der Waals surface area (Å²) >= 11 is 6.02. The van der Waals surface area contributed by atoms with Crippen LogP contribution in [0.1, 0.15) is 80.8 Å². The topological polar surface area (TPSA) is 67.2 Å². The Balaban J connectivity index is 1.39. The number of amides is 2. The predicted octanol–water partition coefficient (Wildman–Crippen LogP) is 4.95. The van der Waals surface area contributed by atoms with Gasteiger partial charge in [-0.3, -0.25) is 9.59 Å². The van der Waals surface area contributed by atoms with Crippen molar-refractivity contribution in [1.82, 2.24) is 20.0 Å². The molecule has 7 heteroatoms. The third-order valence-corrected chi connectivity index (χ3v) is 7.02. The number of hydrogen-bond donors (Lipinski definition) is 1. The Kier molecular flexibility index (Phi) is 7.19. The number of hydrogen-bond acceptors (Lipinski definition) is 3. The highest BCUT2D eigenvalue weighted by molar-refractivity contribution is 6.30. The molecule has 0 spiro atoms. The molecule has 172 valence electrons. The lowest BCUT2D eigenvalue weighted by Gasteiger charge is -2.35. The predicted molar refractivity (Wildman–Crippen MR) is 126 cm³/mol. The summed E-state index contributed by atoms with van der Waals surface area (Å²) in [4.78, 5) is 27.9. The van der Waals surface area contributed by atoms with E-state index in [9.17, 15) is 9.59 Å². The first-order valence-corrected chi connectivity index (χ1v) is 12.3. The minimum absolute atomic E-state index is 0.0804. The number of piperidine rings is 1. The molecule has 1 saturated carbocycles. The Morgan fingerprint density at radius 3 is 2.31 bits per heavy atom. The van der Waals surface area contributed by atoms with Gasteiger partial charge >= 0.3 is 0 Å². The molecule has 1 aromatic heterocycles. The third-order valence-electron chi connectivity index (χ3n) is 6.77. The number of carbonyl (C=O) groups is 2. The minimum atomic E-state index is -0.0917. The summed E-state index contributed by atoms with van der Waals surface area (Å²) in [5.41, 5.74) is 2.37. The van der Waals surface area contributed by atoms with E-state index in [1.54, 1.807) is 6.20 Å². The molecule has 1 N–H and O–H groups in total. The van der Waals surface area contributed by atoms with Crippen LogP contribution >= 0.6 is 11.6 Å². The largest absolute Gasteiger partial charge is 0.349 e. The van der Waals surface area contributed by atoms with Crippen molar-refractivity contribution >= 4 is 23.4 Å². The average molecular weight is 457 g/mol. The number of likely N-dealkylation sites (tertiary alicyclic amines) is 1. The zero-order valence-corrected chi connectivity index (χ0v) is 19.8. The second-order valence-electron chi connectivity index (χ2n) is 9.39. The molecule has 2 aliphatic rings. The number of nitrogens with one attached hydrogen (secondary N) is 1. The highest BCUT2D eigenvalue weighted by atomic mass is 35.5. The fraction of sp³-hybridized carbons (Fsp3) is 0.560. The summed E-state index contributed by atoms with van der Waals surface area (Å²) in [5.74, 6) is 0.567. The lowest BCUT2D eigenvalue weighted by Crippen LogP contribution is -2.48. The van der Waals surface area contributed by atoms with Crippen LogP contribution < -0.4 is 5.32 Å². The van der Waals surface area contributed by atoms with Gasteiger partial charge in [0, 0.05) is 30.1 Å². The normalized spacial score (nSPS) is 18.2. The zero-order chi connectivity index (χ0) is 22.7. The molecule has 0 bridgehead atoms. The molecule has 0 atom stereocenters. The van der Waals surface area contributed by atoms with Crippen LogP contribution in [0.5, 0.6) is 0 Å². The van der Waals surface area contributed by atoms with Crippen LogP contribution in [0.2, 0.25) is 5.02 Å². The van der Waals surface area contributed by atoms with Crippen LogP contribution in [0.4, 0.5) is 0 Å². The van der Waals surface area contributed by atoms with Gasteiger partial charge in [-0.05, 0) is 55.9 Å². The number of aromatic nitrogens is 2. The zero-order valence-electron chi connectivity index (χ0n) is 19.0. The van der Waals surface area contributed by atoms with E-state index in [0.29, 0.717) is 16.5 Å². The van der Waals surface area contributed by atoms with E-state index in [1.165, 1.54) is 19.3 Å². The second-order valence-corrected chi connectivity index (χ2v) is 9.83. The Bertz CT molecular complexity index is 939. The SMILES string of the molecule is CC(C)c1c(C(=O)NC2CCN(C(=O)C3CCCCC3)CC2)cnn1-c1ccc(Cl)cc1. The number of carbonyl (C=O) groups excluding carboxylic acids is 2. The summed E-state index contributed by atoms with van der Waals surface area (Å²) < 4.78 is 1.82. The van der Waals surface area contributed by atoms with E-state index in [2.05, 4.69) is 24.3 Å². The van der Waals surface area contributed by atoms with Gasteiger partial charge in [0.05, 0.1) is 23.1 Å². The monoisotopic (exact) mass is 456 g/mol.